The maximum Gasteiger partial charge on any atom is 0.333 e. The Bertz CT molecular complexity index is 1160. The normalized spacial score (nSPS) is 21.7. The number of sulfonamides is 1. The van der Waals surface area contributed by atoms with Gasteiger partial charge in [-0.15, -0.1) is 0 Å². The van der Waals surface area contributed by atoms with Crippen molar-refractivity contribution >= 4 is 21.7 Å². The van der Waals surface area contributed by atoms with E-state index >= 15 is 0 Å². The maximum atomic E-state index is 12.9. The van der Waals surface area contributed by atoms with Gasteiger partial charge in [-0.1, -0.05) is 13.0 Å². The maximum absolute atomic E-state index is 12.9. The van der Waals surface area contributed by atoms with Crippen LogP contribution < -0.4 is 14.8 Å². The molecule has 0 saturated carbocycles. The van der Waals surface area contributed by atoms with E-state index in [1.807, 2.05) is 0 Å². The first-order valence-electron chi connectivity index (χ1n) is 10.6. The Kier molecular flexibility index (Phi) is 4.93. The molecule has 2 aromatic rings. The molecule has 2 atom stereocenters. The summed E-state index contributed by atoms with van der Waals surface area (Å²) in [7, 11) is -2.59. The van der Waals surface area contributed by atoms with Crippen molar-refractivity contribution in [1.82, 2.24) is 14.5 Å². The topological polar surface area (TPSA) is 112 Å². The van der Waals surface area contributed by atoms with Crippen LogP contribution in [0.2, 0.25) is 0 Å². The smallest absolute Gasteiger partial charge is 0.333 e. The molecule has 2 amide bonds. The summed E-state index contributed by atoms with van der Waals surface area (Å²) in [4.78, 5) is 12.6. The number of nitrogens with zero attached hydrogens (tertiary/aromatic N) is 2. The number of nitrogens with one attached hydrogen (secondary N) is 2. The largest absolute Gasteiger partial charge is 0.474 e. The molecule has 1 aromatic carbocycles. The minimum Gasteiger partial charge on any atom is -0.474 e. The number of carbonyl (C=O) groups excluding carboxylic acids is 1. The summed E-state index contributed by atoms with van der Waals surface area (Å²) in [5, 5.41) is 6.94. The lowest BCUT2D eigenvalue weighted by molar-refractivity contribution is 0.0165. The van der Waals surface area contributed by atoms with Crippen LogP contribution in [0.4, 0.5) is 10.5 Å². The average Bonchev–Trinajstić information content (AvgIpc) is 3.45. The summed E-state index contributed by atoms with van der Waals surface area (Å²) in [5.41, 5.74) is 5.59. The average molecular weight is 447 g/mol. The Balaban J connectivity index is 1.39. The molecule has 31 heavy (non-hydrogen) atoms. The van der Waals surface area contributed by atoms with E-state index in [2.05, 4.69) is 28.1 Å². The zero-order chi connectivity index (χ0) is 21.8. The molecule has 9 nitrogen and oxygen atoms in total. The Morgan fingerprint density at radius 1 is 1.29 bits per heavy atom. The molecular weight excluding hydrogens is 420 g/mol. The second kappa shape index (κ2) is 7.52. The van der Waals surface area contributed by atoms with E-state index in [4.69, 9.17) is 9.47 Å². The Hall–Kier alpha value is -2.59. The van der Waals surface area contributed by atoms with E-state index in [1.165, 1.54) is 22.0 Å². The van der Waals surface area contributed by atoms with Crippen molar-refractivity contribution in [2.75, 3.05) is 19.0 Å². The summed E-state index contributed by atoms with van der Waals surface area (Å²) < 4.78 is 40.1. The molecule has 3 aliphatic rings. The zero-order valence-corrected chi connectivity index (χ0v) is 18.4. The Morgan fingerprint density at radius 3 is 2.94 bits per heavy atom. The monoisotopic (exact) mass is 446 g/mol. The van der Waals surface area contributed by atoms with Gasteiger partial charge in [0.05, 0.1) is 12.7 Å². The molecule has 1 aromatic heterocycles. The molecule has 0 fully saturated rings. The first-order chi connectivity index (χ1) is 14.9. The van der Waals surface area contributed by atoms with E-state index in [0.717, 1.165) is 48.9 Å². The van der Waals surface area contributed by atoms with Gasteiger partial charge in [-0.05, 0) is 60.3 Å². The standard InChI is InChI=1S/C21H26N4O5S/c1-12-6-7-16-17(12)8-13-4-3-5-15(13)19(16)23-21(26)24-31(27,28)18-9-22-25-10-14(29-2)11-30-20(18)25/h8-9,12,14H,3-7,10-11H2,1-2H3,(H2,23,24,26). The lowest BCUT2D eigenvalue weighted by Crippen LogP contribution is -2.36. The van der Waals surface area contributed by atoms with Crippen LogP contribution in [0.1, 0.15) is 47.9 Å². The van der Waals surface area contributed by atoms with Crippen molar-refractivity contribution in [3.05, 3.63) is 34.5 Å². The van der Waals surface area contributed by atoms with Crippen LogP contribution in [-0.2, 0) is 40.6 Å². The number of aryl methyl sites for hydroxylation is 1. The molecule has 0 bridgehead atoms. The fourth-order valence-corrected chi connectivity index (χ4v) is 5.87. The number of anilines is 1. The SMILES string of the molecule is COC1COc2c(S(=O)(=O)NC(=O)Nc3c4c(cc5c3CCC5C)CCC4)cnn2C1. The predicted molar refractivity (Wildman–Crippen MR) is 113 cm³/mol. The summed E-state index contributed by atoms with van der Waals surface area (Å²) in [6, 6.07) is 1.51. The Labute approximate surface area is 181 Å². The molecule has 166 valence electrons. The van der Waals surface area contributed by atoms with Crippen molar-refractivity contribution in [3.63, 3.8) is 0 Å². The van der Waals surface area contributed by atoms with Crippen LogP contribution in [0.15, 0.2) is 17.2 Å². The molecular formula is C21H26N4O5S. The summed E-state index contributed by atoms with van der Waals surface area (Å²) in [6.45, 7) is 2.80. The van der Waals surface area contributed by atoms with Gasteiger partial charge < -0.3 is 14.8 Å². The summed E-state index contributed by atoms with van der Waals surface area (Å²) in [5.74, 6) is 0.559. The number of fused-ring (bicyclic) bond motifs is 3. The highest BCUT2D eigenvalue weighted by Crippen LogP contribution is 2.43. The number of amides is 2. The molecule has 2 unspecified atom stereocenters. The summed E-state index contributed by atoms with van der Waals surface area (Å²) >= 11 is 0. The minimum atomic E-state index is -4.15. The third-order valence-electron chi connectivity index (χ3n) is 6.53. The van der Waals surface area contributed by atoms with Crippen LogP contribution >= 0.6 is 0 Å². The number of aromatic nitrogens is 2. The molecule has 10 heteroatoms. The number of carbonyl (C=O) groups is 1. The van der Waals surface area contributed by atoms with E-state index in [1.54, 1.807) is 7.11 Å². The van der Waals surface area contributed by atoms with Crippen LogP contribution in [0.25, 0.3) is 0 Å². The van der Waals surface area contributed by atoms with Crippen molar-refractivity contribution in [1.29, 1.82) is 0 Å². The fourth-order valence-electron chi connectivity index (χ4n) is 4.88. The zero-order valence-electron chi connectivity index (χ0n) is 17.6. The van der Waals surface area contributed by atoms with Gasteiger partial charge in [0.25, 0.3) is 10.0 Å². The van der Waals surface area contributed by atoms with E-state index in [-0.39, 0.29) is 23.5 Å². The molecule has 0 spiro atoms. The quantitative estimate of drug-likeness (QED) is 0.746. The number of rotatable bonds is 4. The van der Waals surface area contributed by atoms with Gasteiger partial charge in [-0.3, -0.25) is 0 Å². The van der Waals surface area contributed by atoms with Gasteiger partial charge in [0.15, 0.2) is 4.90 Å². The molecule has 5 rings (SSSR count). The third kappa shape index (κ3) is 3.47. The first kappa shape index (κ1) is 20.3. The number of benzene rings is 1. The van der Waals surface area contributed by atoms with Crippen LogP contribution in [-0.4, -0.2) is 44.1 Å². The Morgan fingerprint density at radius 2 is 2.13 bits per heavy atom. The number of urea groups is 1. The van der Waals surface area contributed by atoms with Gasteiger partial charge in [0.1, 0.15) is 12.7 Å². The second-order valence-corrected chi connectivity index (χ2v) is 10.1. The molecule has 0 radical (unpaired) electrons. The van der Waals surface area contributed by atoms with Crippen molar-refractivity contribution < 1.29 is 22.7 Å². The number of methoxy groups -OCH3 is 1. The number of hydrogen-bond donors (Lipinski definition) is 2. The predicted octanol–water partition coefficient (Wildman–Crippen LogP) is 2.34. The molecule has 2 aliphatic carbocycles. The first-order valence-corrected chi connectivity index (χ1v) is 12.1. The minimum absolute atomic E-state index is 0.115. The molecule has 2 N–H and O–H groups in total. The van der Waals surface area contributed by atoms with E-state index < -0.39 is 16.1 Å². The van der Waals surface area contributed by atoms with Crippen LogP contribution in [0, 0.1) is 0 Å². The van der Waals surface area contributed by atoms with Gasteiger partial charge >= 0.3 is 6.03 Å². The van der Waals surface area contributed by atoms with Crippen LogP contribution in [0.3, 0.4) is 0 Å². The van der Waals surface area contributed by atoms with Gasteiger partial charge in [0.2, 0.25) is 5.88 Å². The fraction of sp³-hybridized carbons (Fsp3) is 0.524. The second-order valence-electron chi connectivity index (χ2n) is 8.47. The van der Waals surface area contributed by atoms with Crippen LogP contribution in [0.5, 0.6) is 5.88 Å². The highest BCUT2D eigenvalue weighted by Gasteiger charge is 2.32. The van der Waals surface area contributed by atoms with Gasteiger partial charge in [0, 0.05) is 12.8 Å². The molecule has 1 aliphatic heterocycles. The van der Waals surface area contributed by atoms with Crippen molar-refractivity contribution in [2.24, 2.45) is 0 Å². The molecule has 2 heterocycles. The lowest BCUT2D eigenvalue weighted by Gasteiger charge is -2.23. The molecule has 0 saturated heterocycles. The highest BCUT2D eigenvalue weighted by atomic mass is 32.2. The number of ether oxygens (including phenoxy) is 2. The van der Waals surface area contributed by atoms with Gasteiger partial charge in [-0.25, -0.2) is 22.6 Å². The third-order valence-corrected chi connectivity index (χ3v) is 7.84. The highest BCUT2D eigenvalue weighted by molar-refractivity contribution is 7.90. The summed E-state index contributed by atoms with van der Waals surface area (Å²) in [6.07, 6.45) is 5.85. The van der Waals surface area contributed by atoms with Crippen molar-refractivity contribution in [2.45, 2.75) is 62.5 Å². The van der Waals surface area contributed by atoms with E-state index in [0.29, 0.717) is 12.5 Å². The number of hydrogen-bond acceptors (Lipinski definition) is 6. The van der Waals surface area contributed by atoms with Crippen molar-refractivity contribution in [3.8, 4) is 5.88 Å². The van der Waals surface area contributed by atoms with E-state index in [9.17, 15) is 13.2 Å². The van der Waals surface area contributed by atoms with Gasteiger partial charge in [-0.2, -0.15) is 5.10 Å². The lowest BCUT2D eigenvalue weighted by atomic mass is 9.96.